The summed E-state index contributed by atoms with van der Waals surface area (Å²) in [5.41, 5.74) is 0. The average molecular weight is 240 g/mol. The van der Waals surface area contributed by atoms with Gasteiger partial charge in [-0.15, -0.1) is 0 Å². The van der Waals surface area contributed by atoms with E-state index in [-0.39, 0.29) is 6.29 Å². The molecule has 4 heteroatoms. The van der Waals surface area contributed by atoms with Gasteiger partial charge < -0.3 is 14.0 Å². The molecule has 1 aromatic rings. The Morgan fingerprint density at radius 3 is 2.41 bits per heavy atom. The molecular formula is C13H24N2O2. The van der Waals surface area contributed by atoms with Crippen molar-refractivity contribution >= 4 is 0 Å². The Hall–Kier alpha value is -0.870. The first-order valence-electron chi connectivity index (χ1n) is 6.43. The van der Waals surface area contributed by atoms with Crippen molar-refractivity contribution in [1.82, 2.24) is 9.55 Å². The standard InChI is InChI=1S/C13H24N2O2/c1-5-16-12(17-6-2)7-9-15-10-8-14-13(15)11(3)4/h8,10-12H,5-7,9H2,1-4H3. The highest BCUT2D eigenvalue weighted by molar-refractivity contribution is 4.97. The van der Waals surface area contributed by atoms with Gasteiger partial charge in [-0.2, -0.15) is 0 Å². The summed E-state index contributed by atoms with van der Waals surface area (Å²) in [4.78, 5) is 4.37. The minimum absolute atomic E-state index is 0.104. The molecule has 1 heterocycles. The van der Waals surface area contributed by atoms with E-state index in [0.717, 1.165) is 18.8 Å². The van der Waals surface area contributed by atoms with Gasteiger partial charge in [0.1, 0.15) is 5.82 Å². The minimum Gasteiger partial charge on any atom is -0.353 e. The van der Waals surface area contributed by atoms with Crippen LogP contribution < -0.4 is 0 Å². The molecule has 98 valence electrons. The number of hydrogen-bond donors (Lipinski definition) is 0. The van der Waals surface area contributed by atoms with Crippen molar-refractivity contribution in [2.45, 2.75) is 52.9 Å². The fourth-order valence-corrected chi connectivity index (χ4v) is 1.84. The first-order chi connectivity index (χ1) is 8.19. The SMILES string of the molecule is CCOC(CCn1ccnc1C(C)C)OCC. The van der Waals surface area contributed by atoms with Crippen LogP contribution >= 0.6 is 0 Å². The number of hydrogen-bond acceptors (Lipinski definition) is 3. The van der Waals surface area contributed by atoms with Crippen LogP contribution in [-0.4, -0.2) is 29.1 Å². The van der Waals surface area contributed by atoms with E-state index in [1.165, 1.54) is 0 Å². The number of aromatic nitrogens is 2. The van der Waals surface area contributed by atoms with E-state index in [9.17, 15) is 0 Å². The second-order valence-corrected chi connectivity index (χ2v) is 4.26. The maximum atomic E-state index is 5.53. The minimum atomic E-state index is -0.104. The first kappa shape index (κ1) is 14.2. The highest BCUT2D eigenvalue weighted by Gasteiger charge is 2.11. The Balaban J connectivity index is 2.49. The molecule has 0 unspecified atom stereocenters. The van der Waals surface area contributed by atoms with Crippen LogP contribution in [0.2, 0.25) is 0 Å². The normalized spacial score (nSPS) is 11.6. The Bertz CT molecular complexity index is 304. The number of ether oxygens (including phenoxy) is 2. The molecule has 0 N–H and O–H groups in total. The lowest BCUT2D eigenvalue weighted by atomic mass is 10.2. The molecule has 0 atom stereocenters. The Morgan fingerprint density at radius 2 is 1.88 bits per heavy atom. The molecule has 0 amide bonds. The van der Waals surface area contributed by atoms with Gasteiger partial charge in [-0.05, 0) is 13.8 Å². The second-order valence-electron chi connectivity index (χ2n) is 4.26. The molecule has 0 saturated heterocycles. The summed E-state index contributed by atoms with van der Waals surface area (Å²) in [6.45, 7) is 10.5. The van der Waals surface area contributed by atoms with Crippen LogP contribution in [0.3, 0.4) is 0 Å². The van der Waals surface area contributed by atoms with Crippen molar-refractivity contribution < 1.29 is 9.47 Å². The van der Waals surface area contributed by atoms with E-state index in [2.05, 4.69) is 23.4 Å². The van der Waals surface area contributed by atoms with Gasteiger partial charge in [-0.3, -0.25) is 0 Å². The summed E-state index contributed by atoms with van der Waals surface area (Å²) in [5, 5.41) is 0. The lowest BCUT2D eigenvalue weighted by Gasteiger charge is -2.18. The summed E-state index contributed by atoms with van der Waals surface area (Å²) in [6, 6.07) is 0. The van der Waals surface area contributed by atoms with E-state index in [1.54, 1.807) is 0 Å². The van der Waals surface area contributed by atoms with Gasteiger partial charge in [-0.1, -0.05) is 13.8 Å². The molecule has 0 aliphatic heterocycles. The summed E-state index contributed by atoms with van der Waals surface area (Å²) < 4.78 is 13.2. The molecule has 0 aliphatic rings. The number of imidazole rings is 1. The molecule has 0 saturated carbocycles. The van der Waals surface area contributed by atoms with E-state index in [4.69, 9.17) is 9.47 Å². The smallest absolute Gasteiger partial charge is 0.159 e. The average Bonchev–Trinajstić information content (AvgIpc) is 2.74. The number of nitrogens with zero attached hydrogens (tertiary/aromatic N) is 2. The third-order valence-corrected chi connectivity index (χ3v) is 2.57. The van der Waals surface area contributed by atoms with Crippen LogP contribution in [0.1, 0.15) is 45.9 Å². The molecule has 17 heavy (non-hydrogen) atoms. The second kappa shape index (κ2) is 7.45. The monoisotopic (exact) mass is 240 g/mol. The highest BCUT2D eigenvalue weighted by atomic mass is 16.7. The molecule has 0 fully saturated rings. The molecule has 1 aromatic heterocycles. The molecule has 0 aromatic carbocycles. The van der Waals surface area contributed by atoms with Gasteiger partial charge in [0.25, 0.3) is 0 Å². The molecule has 0 aliphatic carbocycles. The summed E-state index contributed by atoms with van der Waals surface area (Å²) in [7, 11) is 0. The Kier molecular flexibility index (Phi) is 6.22. The quantitative estimate of drug-likeness (QED) is 0.656. The summed E-state index contributed by atoms with van der Waals surface area (Å²) >= 11 is 0. The van der Waals surface area contributed by atoms with Crippen molar-refractivity contribution in [3.8, 4) is 0 Å². The largest absolute Gasteiger partial charge is 0.353 e. The van der Waals surface area contributed by atoms with Gasteiger partial charge >= 0.3 is 0 Å². The lowest BCUT2D eigenvalue weighted by molar-refractivity contribution is -0.141. The van der Waals surface area contributed by atoms with Gasteiger partial charge in [0.2, 0.25) is 0 Å². The highest BCUT2D eigenvalue weighted by Crippen LogP contribution is 2.13. The maximum Gasteiger partial charge on any atom is 0.159 e. The third kappa shape index (κ3) is 4.48. The van der Waals surface area contributed by atoms with Gasteiger partial charge in [0, 0.05) is 44.5 Å². The fourth-order valence-electron chi connectivity index (χ4n) is 1.84. The van der Waals surface area contributed by atoms with Crippen molar-refractivity contribution in [2.75, 3.05) is 13.2 Å². The Morgan fingerprint density at radius 1 is 1.24 bits per heavy atom. The predicted octanol–water partition coefficient (Wildman–Crippen LogP) is 2.80. The van der Waals surface area contributed by atoms with Crippen LogP contribution in [0.25, 0.3) is 0 Å². The van der Waals surface area contributed by atoms with E-state index < -0.39 is 0 Å². The van der Waals surface area contributed by atoms with Crippen molar-refractivity contribution in [2.24, 2.45) is 0 Å². The van der Waals surface area contributed by atoms with Crippen LogP contribution in [-0.2, 0) is 16.0 Å². The summed E-state index contributed by atoms with van der Waals surface area (Å²) in [5.74, 6) is 1.57. The Labute approximate surface area is 104 Å². The van der Waals surface area contributed by atoms with Crippen LogP contribution in [0.5, 0.6) is 0 Å². The molecule has 1 rings (SSSR count). The predicted molar refractivity (Wildman–Crippen MR) is 68.0 cm³/mol. The first-order valence-corrected chi connectivity index (χ1v) is 6.43. The van der Waals surface area contributed by atoms with Crippen LogP contribution in [0, 0.1) is 0 Å². The van der Waals surface area contributed by atoms with E-state index in [1.807, 2.05) is 26.2 Å². The van der Waals surface area contributed by atoms with Crippen molar-refractivity contribution in [3.63, 3.8) is 0 Å². The zero-order valence-electron chi connectivity index (χ0n) is 11.3. The molecule has 0 bridgehead atoms. The van der Waals surface area contributed by atoms with Gasteiger partial charge in [0.05, 0.1) is 0 Å². The molecule has 4 nitrogen and oxygen atoms in total. The summed E-state index contributed by atoms with van der Waals surface area (Å²) in [6.07, 6.45) is 4.63. The maximum absolute atomic E-state index is 5.53. The number of rotatable bonds is 8. The lowest BCUT2D eigenvalue weighted by Crippen LogP contribution is -2.20. The zero-order valence-corrected chi connectivity index (χ0v) is 11.3. The molecule has 0 radical (unpaired) electrons. The topological polar surface area (TPSA) is 36.3 Å². The van der Waals surface area contributed by atoms with Crippen LogP contribution in [0.4, 0.5) is 0 Å². The third-order valence-electron chi connectivity index (χ3n) is 2.57. The van der Waals surface area contributed by atoms with Gasteiger partial charge in [0.15, 0.2) is 6.29 Å². The van der Waals surface area contributed by atoms with Crippen molar-refractivity contribution in [3.05, 3.63) is 18.2 Å². The zero-order chi connectivity index (χ0) is 12.7. The molecule has 0 spiro atoms. The van der Waals surface area contributed by atoms with E-state index >= 15 is 0 Å². The molecular weight excluding hydrogens is 216 g/mol. The number of aryl methyl sites for hydroxylation is 1. The fraction of sp³-hybridized carbons (Fsp3) is 0.769. The van der Waals surface area contributed by atoms with Crippen molar-refractivity contribution in [1.29, 1.82) is 0 Å². The van der Waals surface area contributed by atoms with E-state index in [0.29, 0.717) is 19.1 Å². The van der Waals surface area contributed by atoms with Crippen LogP contribution in [0.15, 0.2) is 12.4 Å². The van der Waals surface area contributed by atoms with Gasteiger partial charge in [-0.25, -0.2) is 4.98 Å².